The minimum absolute atomic E-state index is 0.719. The largest absolute Gasteiger partial charge is 0.365 e. The molecule has 1 N–H and O–H groups in total. The monoisotopic (exact) mass is 97.0 g/mol. The number of rotatable bonds is 0. The Bertz CT molecular complexity index is 96.3. The molecular weight excluding hydrogens is 92.1 g/mol. The molecule has 0 saturated carbocycles. The van der Waals surface area contributed by atoms with Gasteiger partial charge in [0.1, 0.15) is 0 Å². The lowest BCUT2D eigenvalue weighted by molar-refractivity contribution is -0.0700. The van der Waals surface area contributed by atoms with Crippen molar-refractivity contribution in [2.24, 2.45) is 0 Å². The van der Waals surface area contributed by atoms with Gasteiger partial charge in [0.2, 0.25) is 0 Å². The Morgan fingerprint density at radius 1 is 1.29 bits per heavy atom. The van der Waals surface area contributed by atoms with Gasteiger partial charge in [0.25, 0.3) is 0 Å². The van der Waals surface area contributed by atoms with Crippen LogP contribution in [0.25, 0.3) is 0 Å². The van der Waals surface area contributed by atoms with Gasteiger partial charge in [-0.25, -0.2) is 5.06 Å². The molecule has 0 saturated heterocycles. The predicted molar refractivity (Wildman–Crippen MR) is 23.9 cm³/mol. The second-order valence-corrected chi connectivity index (χ2v) is 1.16. The fourth-order valence-corrected chi connectivity index (χ4v) is 0.338. The molecule has 1 heterocycles. The van der Waals surface area contributed by atoms with Crippen molar-refractivity contribution in [3.63, 3.8) is 0 Å². The highest BCUT2D eigenvalue weighted by Gasteiger charge is 1.87. The van der Waals surface area contributed by atoms with Gasteiger partial charge in [-0.1, -0.05) is 5.21 Å². The highest BCUT2D eigenvalue weighted by Crippen LogP contribution is 1.87. The number of hydrogen-bond acceptors (Lipinski definition) is 2. The Kier molecular flexibility index (Phi) is 0.997. The van der Waals surface area contributed by atoms with Crippen LogP contribution in [0.15, 0.2) is 24.8 Å². The maximum Gasteiger partial charge on any atom is 0.0519 e. The third-order valence-corrected chi connectivity index (χ3v) is 0.635. The van der Waals surface area contributed by atoms with Crippen LogP contribution in [-0.2, 0) is 5.21 Å². The van der Waals surface area contributed by atoms with Crippen molar-refractivity contribution in [2.45, 2.75) is 0 Å². The Morgan fingerprint density at radius 3 is 2.14 bits per heavy atom. The van der Waals surface area contributed by atoms with Crippen molar-refractivity contribution < 1.29 is 5.21 Å². The molecule has 0 amide bonds. The molecule has 0 fully saturated rings. The van der Waals surface area contributed by atoms with Gasteiger partial charge in [-0.15, -0.1) is 0 Å². The Labute approximate surface area is 41.5 Å². The Balaban J connectivity index is 2.49. The van der Waals surface area contributed by atoms with Crippen molar-refractivity contribution >= 4 is 0 Å². The zero-order chi connectivity index (χ0) is 5.11. The molecule has 0 aromatic heterocycles. The molecule has 3 heteroatoms. The minimum Gasteiger partial charge on any atom is -0.365 e. The van der Waals surface area contributed by atoms with Gasteiger partial charge in [-0.2, -0.15) is 0 Å². The van der Waals surface area contributed by atoms with E-state index in [-0.39, 0.29) is 0 Å². The molecule has 1 aliphatic heterocycles. The highest BCUT2D eigenvalue weighted by atomic mass is 16.5. The molecule has 0 unspecified atom stereocenters. The summed E-state index contributed by atoms with van der Waals surface area (Å²) in [5.74, 6) is 0. The third kappa shape index (κ3) is 0.940. The van der Waals surface area contributed by atoms with Crippen LogP contribution < -0.4 is 5.32 Å². The maximum atomic E-state index is 10.2. The molecule has 3 nitrogen and oxygen atoms in total. The van der Waals surface area contributed by atoms with E-state index in [1.165, 1.54) is 12.4 Å². The Morgan fingerprint density at radius 2 is 1.86 bits per heavy atom. The summed E-state index contributed by atoms with van der Waals surface area (Å²) < 4.78 is 0. The summed E-state index contributed by atoms with van der Waals surface area (Å²) in [6.45, 7) is 0. The van der Waals surface area contributed by atoms with E-state index in [1.807, 2.05) is 0 Å². The van der Waals surface area contributed by atoms with Crippen LogP contribution in [0.1, 0.15) is 0 Å². The molecule has 1 aliphatic rings. The van der Waals surface area contributed by atoms with Crippen molar-refractivity contribution in [2.75, 3.05) is 0 Å². The smallest absolute Gasteiger partial charge is 0.0519 e. The summed E-state index contributed by atoms with van der Waals surface area (Å²) in [5, 5.41) is 13.6. The summed E-state index contributed by atoms with van der Waals surface area (Å²) in [4.78, 5) is 0. The molecule has 0 bridgehead atoms. The first-order valence-electron chi connectivity index (χ1n) is 1.94. The summed E-state index contributed by atoms with van der Waals surface area (Å²) in [7, 11) is 0. The van der Waals surface area contributed by atoms with Crippen LogP contribution >= 0.6 is 0 Å². The van der Waals surface area contributed by atoms with Gasteiger partial charge >= 0.3 is 0 Å². The van der Waals surface area contributed by atoms with Gasteiger partial charge in [-0.3, -0.25) is 0 Å². The van der Waals surface area contributed by atoms with Gasteiger partial charge in [-0.05, 0) is 0 Å². The minimum atomic E-state index is 0.719. The summed E-state index contributed by atoms with van der Waals surface area (Å²) in [6.07, 6.45) is 5.90. The first-order valence-corrected chi connectivity index (χ1v) is 1.94. The van der Waals surface area contributed by atoms with E-state index in [9.17, 15) is 5.21 Å². The second kappa shape index (κ2) is 1.66. The molecule has 7 heavy (non-hydrogen) atoms. The van der Waals surface area contributed by atoms with E-state index < -0.39 is 0 Å². The summed E-state index contributed by atoms with van der Waals surface area (Å²) in [6, 6.07) is 0. The van der Waals surface area contributed by atoms with E-state index >= 15 is 0 Å². The molecular formula is C4H5N2O. The van der Waals surface area contributed by atoms with Crippen LogP contribution in [0.4, 0.5) is 0 Å². The highest BCUT2D eigenvalue weighted by molar-refractivity contribution is 4.94. The summed E-state index contributed by atoms with van der Waals surface area (Å²) >= 11 is 0. The van der Waals surface area contributed by atoms with Crippen molar-refractivity contribution in [3.8, 4) is 0 Å². The Hall–Kier alpha value is -0.960. The molecule has 1 rings (SSSR count). The topological polar surface area (TPSA) is 35.2 Å². The first-order chi connectivity index (χ1) is 3.39. The van der Waals surface area contributed by atoms with Crippen LogP contribution in [0, 0.1) is 0 Å². The maximum absolute atomic E-state index is 10.2. The quantitative estimate of drug-likeness (QED) is 0.468. The lowest BCUT2D eigenvalue weighted by Crippen LogP contribution is -2.08. The normalized spacial score (nSPS) is 17.0. The fourth-order valence-electron chi connectivity index (χ4n) is 0.338. The van der Waals surface area contributed by atoms with E-state index in [0.717, 1.165) is 5.06 Å². The molecule has 0 spiro atoms. The van der Waals surface area contributed by atoms with Crippen molar-refractivity contribution in [1.82, 2.24) is 10.4 Å². The molecule has 0 aromatic rings. The second-order valence-electron chi connectivity index (χ2n) is 1.16. The number of hydrogen-bond donors (Lipinski definition) is 1. The average molecular weight is 97.1 g/mol. The van der Waals surface area contributed by atoms with E-state index in [4.69, 9.17) is 0 Å². The van der Waals surface area contributed by atoms with E-state index in [0.29, 0.717) is 0 Å². The predicted octanol–water partition coefficient (Wildman–Crippen LogP) is 0.180. The molecule has 1 radical (unpaired) electrons. The molecule has 0 aromatic carbocycles. The van der Waals surface area contributed by atoms with Crippen LogP contribution in [0.5, 0.6) is 0 Å². The van der Waals surface area contributed by atoms with Gasteiger partial charge in [0.15, 0.2) is 0 Å². The third-order valence-electron chi connectivity index (χ3n) is 0.635. The van der Waals surface area contributed by atoms with Gasteiger partial charge < -0.3 is 5.32 Å². The van der Waals surface area contributed by atoms with Crippen molar-refractivity contribution in [1.29, 1.82) is 0 Å². The lowest BCUT2D eigenvalue weighted by Gasteiger charge is -2.04. The zero-order valence-corrected chi connectivity index (χ0v) is 3.66. The fraction of sp³-hybridized carbons (Fsp3) is 0. The SMILES string of the molecule is [O]N1C=CNC=C1. The van der Waals surface area contributed by atoms with Crippen LogP contribution in [-0.4, -0.2) is 5.06 Å². The number of nitrogens with zero attached hydrogens (tertiary/aromatic N) is 1. The van der Waals surface area contributed by atoms with Crippen molar-refractivity contribution in [3.05, 3.63) is 24.8 Å². The molecule has 37 valence electrons. The molecule has 0 atom stereocenters. The van der Waals surface area contributed by atoms with Gasteiger partial charge in [0.05, 0.1) is 12.4 Å². The average Bonchev–Trinajstić information content (AvgIpc) is 1.69. The number of nitrogens with one attached hydrogen (secondary N) is 1. The zero-order valence-electron chi connectivity index (χ0n) is 3.66. The van der Waals surface area contributed by atoms with Crippen LogP contribution in [0.2, 0.25) is 0 Å². The summed E-state index contributed by atoms with van der Waals surface area (Å²) in [5.41, 5.74) is 0. The van der Waals surface area contributed by atoms with E-state index in [1.54, 1.807) is 12.4 Å². The molecule has 0 aliphatic carbocycles. The van der Waals surface area contributed by atoms with Gasteiger partial charge in [0, 0.05) is 12.4 Å². The van der Waals surface area contributed by atoms with E-state index in [2.05, 4.69) is 5.32 Å². The standard InChI is InChI=1S/C4H5N2O/c7-6-3-1-5-2-4-6/h1-5H. The lowest BCUT2D eigenvalue weighted by atomic mass is 10.7. The van der Waals surface area contributed by atoms with Crippen LogP contribution in [0.3, 0.4) is 0 Å². The number of hydroxylamine groups is 2. The first kappa shape index (κ1) is 4.21.